The number of benzene rings is 2. The predicted octanol–water partition coefficient (Wildman–Crippen LogP) is 2.86. The number of hydrogen-bond acceptors (Lipinski definition) is 3. The van der Waals surface area contributed by atoms with Gasteiger partial charge < -0.3 is 14.8 Å². The molecule has 0 aliphatic heterocycles. The van der Waals surface area contributed by atoms with Crippen LogP contribution in [0.3, 0.4) is 0 Å². The molecule has 0 aromatic heterocycles. The summed E-state index contributed by atoms with van der Waals surface area (Å²) in [6.45, 7) is 0.516. The van der Waals surface area contributed by atoms with Gasteiger partial charge in [0.1, 0.15) is 12.5 Å². The molecule has 0 amide bonds. The van der Waals surface area contributed by atoms with E-state index in [1.54, 1.807) is 14.2 Å². The number of hydrogen-bond donors (Lipinski definition) is 1. The van der Waals surface area contributed by atoms with Crippen LogP contribution in [0.15, 0.2) is 36.4 Å². The van der Waals surface area contributed by atoms with Crippen molar-refractivity contribution in [3.8, 4) is 5.75 Å². The predicted molar refractivity (Wildman–Crippen MR) is 66.0 cm³/mol. The summed E-state index contributed by atoms with van der Waals surface area (Å²) in [7, 11) is 3.34. The van der Waals surface area contributed by atoms with Crippen LogP contribution < -0.4 is 10.1 Å². The van der Waals surface area contributed by atoms with E-state index < -0.39 is 0 Å². The van der Waals surface area contributed by atoms with Crippen LogP contribution in [-0.4, -0.2) is 21.0 Å². The van der Waals surface area contributed by atoms with E-state index in [0.717, 1.165) is 11.4 Å². The average Bonchev–Trinajstić information content (AvgIpc) is 2.35. The first-order chi connectivity index (χ1) is 7.83. The van der Waals surface area contributed by atoms with Crippen molar-refractivity contribution in [1.29, 1.82) is 0 Å². The summed E-state index contributed by atoms with van der Waals surface area (Å²) in [5.41, 5.74) is 1.06. The molecule has 0 spiro atoms. The summed E-state index contributed by atoms with van der Waals surface area (Å²) < 4.78 is 10.1. The third-order valence-electron chi connectivity index (χ3n) is 2.47. The number of anilines is 1. The maximum absolute atomic E-state index is 5.18. The van der Waals surface area contributed by atoms with Gasteiger partial charge in [0, 0.05) is 12.8 Å². The smallest absolute Gasteiger partial charge is 0.119 e. The molecule has 0 aliphatic rings. The molecule has 3 heteroatoms. The molecule has 0 aliphatic carbocycles. The van der Waals surface area contributed by atoms with Gasteiger partial charge >= 0.3 is 0 Å². The molecule has 0 radical (unpaired) electrons. The van der Waals surface area contributed by atoms with Gasteiger partial charge in [0.15, 0.2) is 0 Å². The molecule has 0 saturated heterocycles. The molecule has 0 bridgehead atoms. The Morgan fingerprint density at radius 1 is 1.00 bits per heavy atom. The second kappa shape index (κ2) is 4.86. The third kappa shape index (κ3) is 2.25. The van der Waals surface area contributed by atoms with Crippen molar-refractivity contribution in [2.45, 2.75) is 0 Å². The molecule has 0 fully saturated rings. The number of fused-ring (bicyclic) bond motifs is 1. The lowest BCUT2D eigenvalue weighted by atomic mass is 10.1. The van der Waals surface area contributed by atoms with Crippen LogP contribution >= 0.6 is 0 Å². The Balaban J connectivity index is 2.32. The van der Waals surface area contributed by atoms with Crippen LogP contribution in [0.1, 0.15) is 0 Å². The molecular formula is C13H15NO2. The highest BCUT2D eigenvalue weighted by molar-refractivity contribution is 5.86. The first-order valence-electron chi connectivity index (χ1n) is 5.14. The van der Waals surface area contributed by atoms with Crippen molar-refractivity contribution in [2.24, 2.45) is 0 Å². The van der Waals surface area contributed by atoms with E-state index >= 15 is 0 Å². The van der Waals surface area contributed by atoms with Gasteiger partial charge in [0.25, 0.3) is 0 Å². The molecular weight excluding hydrogens is 202 g/mol. The van der Waals surface area contributed by atoms with Crippen molar-refractivity contribution in [1.82, 2.24) is 0 Å². The summed E-state index contributed by atoms with van der Waals surface area (Å²) in [5, 5.41) is 5.51. The quantitative estimate of drug-likeness (QED) is 0.799. The standard InChI is InChI=1S/C13H15NO2/c1-15-9-14-12-5-3-11-8-13(16-2)6-4-10(11)7-12/h3-8,14H,9H2,1-2H3. The topological polar surface area (TPSA) is 30.5 Å². The Morgan fingerprint density at radius 2 is 1.75 bits per heavy atom. The first-order valence-corrected chi connectivity index (χ1v) is 5.14. The molecule has 0 heterocycles. The molecule has 84 valence electrons. The monoisotopic (exact) mass is 217 g/mol. The molecule has 0 saturated carbocycles. The lowest BCUT2D eigenvalue weighted by molar-refractivity contribution is 0.221. The van der Waals surface area contributed by atoms with Gasteiger partial charge in [0.05, 0.1) is 7.11 Å². The summed E-state index contributed by atoms with van der Waals surface area (Å²) in [4.78, 5) is 0. The lowest BCUT2D eigenvalue weighted by Crippen LogP contribution is -2.02. The maximum Gasteiger partial charge on any atom is 0.119 e. The molecule has 2 rings (SSSR count). The fourth-order valence-electron chi connectivity index (χ4n) is 1.62. The van der Waals surface area contributed by atoms with E-state index in [1.807, 2.05) is 24.3 Å². The summed E-state index contributed by atoms with van der Waals surface area (Å²) >= 11 is 0. The van der Waals surface area contributed by atoms with Gasteiger partial charge in [-0.25, -0.2) is 0 Å². The minimum Gasteiger partial charge on any atom is -0.497 e. The zero-order chi connectivity index (χ0) is 11.4. The Morgan fingerprint density at radius 3 is 2.50 bits per heavy atom. The summed E-state index contributed by atoms with van der Waals surface area (Å²) in [6, 6.07) is 12.2. The van der Waals surface area contributed by atoms with Gasteiger partial charge in [-0.05, 0) is 35.0 Å². The fraction of sp³-hybridized carbons (Fsp3) is 0.231. The van der Waals surface area contributed by atoms with E-state index in [1.165, 1.54) is 10.8 Å². The fourth-order valence-corrected chi connectivity index (χ4v) is 1.62. The Hall–Kier alpha value is -1.74. The van der Waals surface area contributed by atoms with Gasteiger partial charge in [-0.2, -0.15) is 0 Å². The highest BCUT2D eigenvalue weighted by Crippen LogP contribution is 2.23. The highest BCUT2D eigenvalue weighted by Gasteiger charge is 1.98. The summed E-state index contributed by atoms with van der Waals surface area (Å²) in [6.07, 6.45) is 0. The van der Waals surface area contributed by atoms with Crippen LogP contribution in [0.2, 0.25) is 0 Å². The van der Waals surface area contributed by atoms with Gasteiger partial charge in [0.2, 0.25) is 0 Å². The lowest BCUT2D eigenvalue weighted by Gasteiger charge is -2.07. The van der Waals surface area contributed by atoms with Crippen LogP contribution in [0.4, 0.5) is 5.69 Å². The first kappa shape index (κ1) is 10.8. The van der Waals surface area contributed by atoms with E-state index in [2.05, 4.69) is 17.4 Å². The average molecular weight is 217 g/mol. The van der Waals surface area contributed by atoms with E-state index in [0.29, 0.717) is 6.73 Å². The third-order valence-corrected chi connectivity index (χ3v) is 2.47. The molecule has 1 N–H and O–H groups in total. The van der Waals surface area contributed by atoms with Crippen LogP contribution in [0, 0.1) is 0 Å². The molecule has 0 unspecified atom stereocenters. The van der Waals surface area contributed by atoms with E-state index in [-0.39, 0.29) is 0 Å². The molecule has 2 aromatic carbocycles. The SMILES string of the molecule is COCNc1ccc2cc(OC)ccc2c1. The Labute approximate surface area is 95.0 Å². The molecule has 3 nitrogen and oxygen atoms in total. The minimum atomic E-state index is 0.516. The van der Waals surface area contributed by atoms with Gasteiger partial charge in [-0.1, -0.05) is 12.1 Å². The molecule has 2 aromatic rings. The minimum absolute atomic E-state index is 0.516. The largest absolute Gasteiger partial charge is 0.497 e. The second-order valence-corrected chi connectivity index (χ2v) is 3.54. The van der Waals surface area contributed by atoms with E-state index in [9.17, 15) is 0 Å². The zero-order valence-electron chi connectivity index (χ0n) is 9.49. The van der Waals surface area contributed by atoms with Gasteiger partial charge in [-0.3, -0.25) is 0 Å². The number of nitrogens with one attached hydrogen (secondary N) is 1. The highest BCUT2D eigenvalue weighted by atomic mass is 16.5. The molecule has 0 atom stereocenters. The van der Waals surface area contributed by atoms with Crippen LogP contribution in [0.25, 0.3) is 10.8 Å². The van der Waals surface area contributed by atoms with Crippen molar-refractivity contribution < 1.29 is 9.47 Å². The van der Waals surface area contributed by atoms with Crippen molar-refractivity contribution in [2.75, 3.05) is 26.3 Å². The second-order valence-electron chi connectivity index (χ2n) is 3.54. The van der Waals surface area contributed by atoms with Crippen LogP contribution in [0.5, 0.6) is 5.75 Å². The number of rotatable bonds is 4. The van der Waals surface area contributed by atoms with Crippen molar-refractivity contribution in [3.63, 3.8) is 0 Å². The van der Waals surface area contributed by atoms with Crippen LogP contribution in [-0.2, 0) is 4.74 Å². The number of methoxy groups -OCH3 is 2. The normalized spacial score (nSPS) is 10.4. The summed E-state index contributed by atoms with van der Waals surface area (Å²) in [5.74, 6) is 0.880. The zero-order valence-corrected chi connectivity index (χ0v) is 9.49. The number of ether oxygens (including phenoxy) is 2. The maximum atomic E-state index is 5.18. The van der Waals surface area contributed by atoms with Crippen molar-refractivity contribution >= 4 is 16.5 Å². The van der Waals surface area contributed by atoms with Gasteiger partial charge in [-0.15, -0.1) is 0 Å². The molecule has 16 heavy (non-hydrogen) atoms. The Kier molecular flexibility index (Phi) is 3.27. The Bertz CT molecular complexity index is 482. The van der Waals surface area contributed by atoms with E-state index in [4.69, 9.17) is 9.47 Å². The van der Waals surface area contributed by atoms with Crippen molar-refractivity contribution in [3.05, 3.63) is 36.4 Å².